The van der Waals surface area contributed by atoms with Gasteiger partial charge in [-0.2, -0.15) is 0 Å². The number of rotatable bonds is 5. The molecule has 0 unspecified atom stereocenters. The lowest BCUT2D eigenvalue weighted by atomic mass is 9.95. The van der Waals surface area contributed by atoms with E-state index >= 15 is 0 Å². The number of hydrogen-bond donors (Lipinski definition) is 1. The van der Waals surface area contributed by atoms with Gasteiger partial charge in [0.2, 0.25) is 0 Å². The lowest BCUT2D eigenvalue weighted by molar-refractivity contribution is 0.0505. The normalized spacial score (nSPS) is 13.2. The van der Waals surface area contributed by atoms with E-state index in [1.54, 1.807) is 6.07 Å². The molecule has 0 fully saturated rings. The van der Waals surface area contributed by atoms with Crippen LogP contribution in [-0.4, -0.2) is 18.5 Å². The zero-order chi connectivity index (χ0) is 17.8. The van der Waals surface area contributed by atoms with Crippen LogP contribution in [0.2, 0.25) is 0 Å². The zero-order valence-electron chi connectivity index (χ0n) is 14.7. The van der Waals surface area contributed by atoms with Crippen LogP contribution in [0.5, 0.6) is 0 Å². The van der Waals surface area contributed by atoms with Crippen molar-refractivity contribution in [2.75, 3.05) is 11.9 Å². The van der Waals surface area contributed by atoms with E-state index in [1.807, 2.05) is 32.0 Å². The average Bonchev–Trinajstić information content (AvgIpc) is 2.97. The summed E-state index contributed by atoms with van der Waals surface area (Å²) in [4.78, 5) is 26.4. The number of carbonyl (C=O) groups is 2. The number of benzene rings is 1. The van der Waals surface area contributed by atoms with E-state index in [0.29, 0.717) is 22.7 Å². The molecule has 4 nitrogen and oxygen atoms in total. The number of thiophene rings is 1. The van der Waals surface area contributed by atoms with Gasteiger partial charge >= 0.3 is 5.97 Å². The van der Waals surface area contributed by atoms with Crippen molar-refractivity contribution in [3.05, 3.63) is 51.4 Å². The van der Waals surface area contributed by atoms with Crippen molar-refractivity contribution >= 4 is 28.2 Å². The summed E-state index contributed by atoms with van der Waals surface area (Å²) in [5.41, 5.74) is 3.26. The first-order valence-corrected chi connectivity index (χ1v) is 9.61. The molecule has 25 heavy (non-hydrogen) atoms. The maximum absolute atomic E-state index is 12.6. The van der Waals surface area contributed by atoms with Gasteiger partial charge in [-0.1, -0.05) is 24.6 Å². The van der Waals surface area contributed by atoms with Gasteiger partial charge in [-0.3, -0.25) is 4.79 Å². The third-order valence-corrected chi connectivity index (χ3v) is 5.53. The number of esters is 1. The van der Waals surface area contributed by atoms with E-state index in [2.05, 4.69) is 5.32 Å². The number of ether oxygens (including phenoxy) is 1. The maximum atomic E-state index is 12.6. The number of amides is 1. The molecule has 132 valence electrons. The van der Waals surface area contributed by atoms with Crippen LogP contribution >= 0.6 is 11.3 Å². The van der Waals surface area contributed by atoms with Crippen LogP contribution in [0.25, 0.3) is 0 Å². The molecule has 1 N–H and O–H groups in total. The molecule has 1 aliphatic carbocycles. The summed E-state index contributed by atoms with van der Waals surface area (Å²) in [7, 11) is 0. The van der Waals surface area contributed by atoms with Crippen LogP contribution in [0.1, 0.15) is 62.9 Å². The molecule has 2 aromatic rings. The highest BCUT2D eigenvalue weighted by atomic mass is 32.1. The summed E-state index contributed by atoms with van der Waals surface area (Å²) in [6.07, 6.45) is 4.82. The molecule has 1 aliphatic rings. The Balaban J connectivity index is 1.90. The Bertz CT molecular complexity index is 794. The molecule has 1 aromatic heterocycles. The minimum absolute atomic E-state index is 0.188. The van der Waals surface area contributed by atoms with Gasteiger partial charge in [0.05, 0.1) is 12.2 Å². The van der Waals surface area contributed by atoms with Gasteiger partial charge in [-0.25, -0.2) is 4.79 Å². The van der Waals surface area contributed by atoms with Crippen molar-refractivity contribution in [3.63, 3.8) is 0 Å². The van der Waals surface area contributed by atoms with Crippen molar-refractivity contribution in [3.8, 4) is 0 Å². The Morgan fingerprint density at radius 3 is 2.80 bits per heavy atom. The van der Waals surface area contributed by atoms with Crippen LogP contribution in [0, 0.1) is 6.92 Å². The second kappa shape index (κ2) is 7.83. The molecule has 1 amide bonds. The third-order valence-electron chi connectivity index (χ3n) is 4.32. The predicted octanol–water partition coefficient (Wildman–Crippen LogP) is 4.75. The molecular weight excluding hydrogens is 334 g/mol. The molecule has 1 heterocycles. The highest BCUT2D eigenvalue weighted by Crippen LogP contribution is 2.38. The Morgan fingerprint density at radius 2 is 2.04 bits per heavy atom. The number of fused-ring (bicyclic) bond motifs is 1. The minimum atomic E-state index is -0.319. The lowest BCUT2D eigenvalue weighted by Gasteiger charge is -2.12. The molecular formula is C20H23NO3S. The SMILES string of the molecule is CCCOC(=O)c1c(NC(=O)c2cccc(C)c2)sc2c1CCCC2. The van der Waals surface area contributed by atoms with Crippen LogP contribution in [0.4, 0.5) is 5.00 Å². The first-order valence-electron chi connectivity index (χ1n) is 8.79. The van der Waals surface area contributed by atoms with E-state index in [-0.39, 0.29) is 11.9 Å². The lowest BCUT2D eigenvalue weighted by Crippen LogP contribution is -2.16. The van der Waals surface area contributed by atoms with Crippen LogP contribution in [0.3, 0.4) is 0 Å². The Kier molecular flexibility index (Phi) is 5.53. The second-order valence-corrected chi connectivity index (χ2v) is 7.48. The highest BCUT2D eigenvalue weighted by Gasteiger charge is 2.27. The summed E-state index contributed by atoms with van der Waals surface area (Å²) >= 11 is 1.52. The fraction of sp³-hybridized carbons (Fsp3) is 0.400. The van der Waals surface area contributed by atoms with Gasteiger partial charge in [-0.15, -0.1) is 11.3 Å². The molecule has 0 radical (unpaired) electrons. The van der Waals surface area contributed by atoms with Crippen LogP contribution in [-0.2, 0) is 17.6 Å². The summed E-state index contributed by atoms with van der Waals surface area (Å²) in [6, 6.07) is 7.44. The topological polar surface area (TPSA) is 55.4 Å². The molecule has 0 spiro atoms. The summed E-state index contributed by atoms with van der Waals surface area (Å²) in [6.45, 7) is 4.32. The third kappa shape index (κ3) is 3.93. The van der Waals surface area contributed by atoms with Gasteiger partial charge in [0, 0.05) is 10.4 Å². The molecule has 0 atom stereocenters. The quantitative estimate of drug-likeness (QED) is 0.785. The molecule has 3 rings (SSSR count). The highest BCUT2D eigenvalue weighted by molar-refractivity contribution is 7.17. The number of anilines is 1. The molecule has 0 saturated carbocycles. The maximum Gasteiger partial charge on any atom is 0.341 e. The molecule has 5 heteroatoms. The number of hydrogen-bond acceptors (Lipinski definition) is 4. The minimum Gasteiger partial charge on any atom is -0.462 e. The zero-order valence-corrected chi connectivity index (χ0v) is 15.5. The van der Waals surface area contributed by atoms with Crippen molar-refractivity contribution in [1.29, 1.82) is 0 Å². The standard InChI is InChI=1S/C20H23NO3S/c1-3-11-24-20(23)17-15-9-4-5-10-16(15)25-19(17)21-18(22)14-8-6-7-13(2)12-14/h6-8,12H,3-5,9-11H2,1-2H3,(H,21,22). The number of aryl methyl sites for hydroxylation is 2. The Labute approximate surface area is 152 Å². The first-order chi connectivity index (χ1) is 12.1. The van der Waals surface area contributed by atoms with Gasteiger partial charge in [0.25, 0.3) is 5.91 Å². The fourth-order valence-corrected chi connectivity index (χ4v) is 4.37. The van der Waals surface area contributed by atoms with Crippen molar-refractivity contribution in [2.24, 2.45) is 0 Å². The summed E-state index contributed by atoms with van der Waals surface area (Å²) < 4.78 is 5.37. The Hall–Kier alpha value is -2.14. The van der Waals surface area contributed by atoms with Crippen molar-refractivity contribution < 1.29 is 14.3 Å². The van der Waals surface area contributed by atoms with Crippen molar-refractivity contribution in [1.82, 2.24) is 0 Å². The van der Waals surface area contributed by atoms with Gasteiger partial charge in [0.15, 0.2) is 0 Å². The fourth-order valence-electron chi connectivity index (χ4n) is 3.10. The Morgan fingerprint density at radius 1 is 1.24 bits per heavy atom. The van der Waals surface area contributed by atoms with E-state index in [9.17, 15) is 9.59 Å². The molecule has 0 saturated heterocycles. The van der Waals surface area contributed by atoms with Gasteiger partial charge in [0.1, 0.15) is 5.00 Å². The predicted molar refractivity (Wildman–Crippen MR) is 101 cm³/mol. The molecule has 1 aromatic carbocycles. The van der Waals surface area contributed by atoms with E-state index < -0.39 is 0 Å². The van der Waals surface area contributed by atoms with Gasteiger partial charge in [-0.05, 0) is 56.7 Å². The van der Waals surface area contributed by atoms with Crippen molar-refractivity contribution in [2.45, 2.75) is 46.0 Å². The van der Waals surface area contributed by atoms with Crippen LogP contribution in [0.15, 0.2) is 24.3 Å². The number of carbonyl (C=O) groups excluding carboxylic acids is 2. The monoisotopic (exact) mass is 357 g/mol. The van der Waals surface area contributed by atoms with E-state index in [0.717, 1.165) is 43.2 Å². The smallest absolute Gasteiger partial charge is 0.341 e. The first kappa shape index (κ1) is 17.7. The van der Waals surface area contributed by atoms with Gasteiger partial charge < -0.3 is 10.1 Å². The largest absolute Gasteiger partial charge is 0.462 e. The molecule has 0 bridgehead atoms. The second-order valence-electron chi connectivity index (χ2n) is 6.37. The van der Waals surface area contributed by atoms with E-state index in [1.165, 1.54) is 16.2 Å². The number of nitrogens with one attached hydrogen (secondary N) is 1. The summed E-state index contributed by atoms with van der Waals surface area (Å²) in [5.74, 6) is -0.507. The average molecular weight is 357 g/mol. The van der Waals surface area contributed by atoms with E-state index in [4.69, 9.17) is 4.74 Å². The molecule has 0 aliphatic heterocycles. The van der Waals surface area contributed by atoms with Crippen LogP contribution < -0.4 is 5.32 Å². The summed E-state index contributed by atoms with van der Waals surface area (Å²) in [5, 5.41) is 3.57.